The van der Waals surface area contributed by atoms with Crippen molar-refractivity contribution in [3.8, 4) is 0 Å². The largest absolute Gasteiger partial charge is 0.320 e. The van der Waals surface area contributed by atoms with E-state index in [1.54, 1.807) is 0 Å². The highest BCUT2D eigenvalue weighted by Crippen LogP contribution is 2.15. The van der Waals surface area contributed by atoms with Gasteiger partial charge in [0.25, 0.3) is 0 Å². The second-order valence-electron chi connectivity index (χ2n) is 7.23. The second-order valence-corrected chi connectivity index (χ2v) is 8.31. The predicted molar refractivity (Wildman–Crippen MR) is 101 cm³/mol. The van der Waals surface area contributed by atoms with Crippen molar-refractivity contribution in [3.63, 3.8) is 0 Å². The van der Waals surface area contributed by atoms with Crippen LogP contribution in [-0.4, -0.2) is 36.8 Å². The molecule has 0 saturated carbocycles. The Morgan fingerprint density at radius 3 is 1.67 bits per heavy atom. The van der Waals surface area contributed by atoms with E-state index in [4.69, 9.17) is 0 Å². The summed E-state index contributed by atoms with van der Waals surface area (Å²) in [7, 11) is 4.81. The molecule has 0 N–H and O–H groups in total. The van der Waals surface area contributed by atoms with Crippen molar-refractivity contribution in [2.45, 2.75) is 90.9 Å². The van der Waals surface area contributed by atoms with Gasteiger partial charge in [-0.1, -0.05) is 71.6 Å². The third kappa shape index (κ3) is 16.5. The van der Waals surface area contributed by atoms with E-state index in [9.17, 15) is 0 Å². The molecule has 0 unspecified atom stereocenters. The van der Waals surface area contributed by atoms with Crippen molar-refractivity contribution >= 4 is 11.8 Å². The Kier molecular flexibility index (Phi) is 15.4. The van der Waals surface area contributed by atoms with Gasteiger partial charge in [-0.2, -0.15) is 0 Å². The number of quaternary nitrogens is 1. The number of hydrogen-bond acceptors (Lipinski definition) is 1. The summed E-state index contributed by atoms with van der Waals surface area (Å²) in [5.41, 5.74) is 0. The second kappa shape index (κ2) is 15.2. The standard InChI is InChI=1S/C19H42NS/c1-5-7-9-11-12-13-14-15-17-20(3,4)19-21-18-16-10-8-6-2/h5-19H2,1-4H3/q+1. The first-order valence-corrected chi connectivity index (χ1v) is 10.7. The molecule has 2 heteroatoms. The summed E-state index contributed by atoms with van der Waals surface area (Å²) < 4.78 is 1.20. The van der Waals surface area contributed by atoms with Crippen molar-refractivity contribution < 1.29 is 4.48 Å². The van der Waals surface area contributed by atoms with Gasteiger partial charge in [0.05, 0.1) is 20.6 Å². The Hall–Kier alpha value is 0.310. The summed E-state index contributed by atoms with van der Waals surface area (Å²) in [5, 5.41) is 0. The van der Waals surface area contributed by atoms with Gasteiger partial charge in [-0.25, -0.2) is 0 Å². The molecule has 21 heavy (non-hydrogen) atoms. The maximum absolute atomic E-state index is 2.40. The van der Waals surface area contributed by atoms with Gasteiger partial charge < -0.3 is 4.48 Å². The Balaban J connectivity index is 3.34. The summed E-state index contributed by atoms with van der Waals surface area (Å²) in [6.45, 7) is 5.94. The normalized spacial score (nSPS) is 12.0. The number of thioether (sulfide) groups is 1. The van der Waals surface area contributed by atoms with Gasteiger partial charge in [-0.15, -0.1) is 11.8 Å². The molecular weight excluding hydrogens is 274 g/mol. The average Bonchev–Trinajstić information content (AvgIpc) is 2.45. The van der Waals surface area contributed by atoms with Gasteiger partial charge in [0, 0.05) is 0 Å². The molecule has 0 aromatic carbocycles. The first-order valence-electron chi connectivity index (χ1n) is 9.52. The van der Waals surface area contributed by atoms with Crippen LogP contribution in [0.3, 0.4) is 0 Å². The third-order valence-corrected chi connectivity index (χ3v) is 5.66. The summed E-state index contributed by atoms with van der Waals surface area (Å²) in [6.07, 6.45) is 17.1. The van der Waals surface area contributed by atoms with E-state index in [-0.39, 0.29) is 0 Å². The summed E-state index contributed by atoms with van der Waals surface area (Å²) in [4.78, 5) is 0. The molecule has 1 nitrogen and oxygen atoms in total. The topological polar surface area (TPSA) is 0 Å². The fourth-order valence-electron chi connectivity index (χ4n) is 2.68. The van der Waals surface area contributed by atoms with Crippen LogP contribution in [0, 0.1) is 0 Å². The first-order chi connectivity index (χ1) is 10.1. The lowest BCUT2D eigenvalue weighted by molar-refractivity contribution is -0.877. The fourth-order valence-corrected chi connectivity index (χ4v) is 3.84. The van der Waals surface area contributed by atoms with E-state index in [1.165, 1.54) is 99.7 Å². The number of nitrogens with zero attached hydrogens (tertiary/aromatic N) is 1. The zero-order valence-corrected chi connectivity index (χ0v) is 16.3. The zero-order chi connectivity index (χ0) is 15.8. The zero-order valence-electron chi connectivity index (χ0n) is 15.5. The number of rotatable bonds is 16. The number of hydrogen-bond donors (Lipinski definition) is 0. The highest BCUT2D eigenvalue weighted by molar-refractivity contribution is 7.99. The van der Waals surface area contributed by atoms with E-state index >= 15 is 0 Å². The SMILES string of the molecule is CCCCCCCCCC[N+](C)(C)CSCCCCCC. The van der Waals surface area contributed by atoms with Crippen molar-refractivity contribution in [2.75, 3.05) is 32.3 Å². The van der Waals surface area contributed by atoms with Crippen LogP contribution in [0.15, 0.2) is 0 Å². The highest BCUT2D eigenvalue weighted by atomic mass is 32.2. The molecule has 0 amide bonds. The lowest BCUT2D eigenvalue weighted by atomic mass is 10.1. The van der Waals surface area contributed by atoms with Crippen LogP contribution in [0.4, 0.5) is 0 Å². The van der Waals surface area contributed by atoms with E-state index < -0.39 is 0 Å². The molecule has 0 spiro atoms. The molecule has 0 atom stereocenters. The first kappa shape index (κ1) is 21.3. The van der Waals surface area contributed by atoms with Crippen LogP contribution in [0.25, 0.3) is 0 Å². The van der Waals surface area contributed by atoms with Gasteiger partial charge >= 0.3 is 0 Å². The Labute approximate surface area is 139 Å². The van der Waals surface area contributed by atoms with Crippen molar-refractivity contribution in [3.05, 3.63) is 0 Å². The Morgan fingerprint density at radius 2 is 1.10 bits per heavy atom. The molecule has 0 aliphatic rings. The van der Waals surface area contributed by atoms with Crippen molar-refractivity contribution in [1.82, 2.24) is 0 Å². The van der Waals surface area contributed by atoms with Crippen molar-refractivity contribution in [2.24, 2.45) is 0 Å². The fraction of sp³-hybridized carbons (Fsp3) is 1.00. The molecule has 0 rings (SSSR count). The minimum atomic E-state index is 1.20. The quantitative estimate of drug-likeness (QED) is 0.178. The molecule has 128 valence electrons. The molecule has 0 saturated heterocycles. The van der Waals surface area contributed by atoms with E-state index in [1.807, 2.05) is 0 Å². The van der Waals surface area contributed by atoms with Gasteiger partial charge in [-0.05, 0) is 25.0 Å². The molecule has 0 heterocycles. The minimum Gasteiger partial charge on any atom is -0.320 e. The minimum absolute atomic E-state index is 1.20. The van der Waals surface area contributed by atoms with Crippen LogP contribution >= 0.6 is 11.8 Å². The van der Waals surface area contributed by atoms with Crippen LogP contribution in [0.2, 0.25) is 0 Å². The smallest absolute Gasteiger partial charge is 0.125 e. The van der Waals surface area contributed by atoms with Crippen LogP contribution < -0.4 is 0 Å². The molecular formula is C19H42NS+. The predicted octanol–water partition coefficient (Wildman–Crippen LogP) is 6.47. The van der Waals surface area contributed by atoms with Gasteiger partial charge in [0.1, 0.15) is 5.88 Å². The molecule has 0 aliphatic carbocycles. The van der Waals surface area contributed by atoms with Crippen molar-refractivity contribution in [1.29, 1.82) is 0 Å². The molecule has 0 aromatic heterocycles. The van der Waals surface area contributed by atoms with Crippen LogP contribution in [-0.2, 0) is 0 Å². The van der Waals surface area contributed by atoms with Gasteiger partial charge in [-0.3, -0.25) is 0 Å². The van der Waals surface area contributed by atoms with Gasteiger partial charge in [0.15, 0.2) is 0 Å². The monoisotopic (exact) mass is 316 g/mol. The molecule has 0 aliphatic heterocycles. The van der Waals surface area contributed by atoms with E-state index in [0.29, 0.717) is 0 Å². The van der Waals surface area contributed by atoms with Crippen LogP contribution in [0.5, 0.6) is 0 Å². The van der Waals surface area contributed by atoms with Crippen LogP contribution in [0.1, 0.15) is 90.9 Å². The average molecular weight is 317 g/mol. The molecule has 0 bridgehead atoms. The Morgan fingerprint density at radius 1 is 0.619 bits per heavy atom. The van der Waals surface area contributed by atoms with Gasteiger partial charge in [0.2, 0.25) is 0 Å². The van der Waals surface area contributed by atoms with E-state index in [2.05, 4.69) is 39.7 Å². The lowest BCUT2D eigenvalue weighted by Crippen LogP contribution is -2.40. The summed E-state index contributed by atoms with van der Waals surface area (Å²) in [6, 6.07) is 0. The molecule has 0 fully saturated rings. The third-order valence-electron chi connectivity index (χ3n) is 4.20. The maximum Gasteiger partial charge on any atom is 0.125 e. The summed E-state index contributed by atoms with van der Waals surface area (Å²) in [5.74, 6) is 2.65. The Bertz CT molecular complexity index is 204. The summed E-state index contributed by atoms with van der Waals surface area (Å²) >= 11 is 2.16. The highest BCUT2D eigenvalue weighted by Gasteiger charge is 2.13. The lowest BCUT2D eigenvalue weighted by Gasteiger charge is -2.29. The number of unbranched alkanes of at least 4 members (excludes halogenated alkanes) is 10. The van der Waals surface area contributed by atoms with E-state index in [0.717, 1.165) is 0 Å². The molecule has 0 radical (unpaired) electrons. The molecule has 0 aromatic rings. The maximum atomic E-state index is 2.40.